The van der Waals surface area contributed by atoms with Crippen LogP contribution in [-0.2, 0) is 11.4 Å². The van der Waals surface area contributed by atoms with Crippen molar-refractivity contribution in [1.82, 2.24) is 9.71 Å². The van der Waals surface area contributed by atoms with Crippen LogP contribution in [-0.4, -0.2) is 27.1 Å². The summed E-state index contributed by atoms with van der Waals surface area (Å²) in [7, 11) is 0. The van der Waals surface area contributed by atoms with E-state index in [0.717, 1.165) is 6.20 Å². The highest BCUT2D eigenvalue weighted by Crippen LogP contribution is 2.21. The van der Waals surface area contributed by atoms with Crippen LogP contribution in [0.4, 0.5) is 13.2 Å². The van der Waals surface area contributed by atoms with Crippen molar-refractivity contribution in [2.24, 2.45) is 0 Å². The molecule has 2 atom stereocenters. The first kappa shape index (κ1) is 18.6. The molecule has 122 valence electrons. The van der Waals surface area contributed by atoms with Crippen LogP contribution in [0.3, 0.4) is 0 Å². The number of ether oxygens (including phenoxy) is 1. The smallest absolute Gasteiger partial charge is 0.422 e. The quantitative estimate of drug-likeness (QED) is 0.664. The molecule has 0 saturated heterocycles. The van der Waals surface area contributed by atoms with Crippen molar-refractivity contribution in [3.63, 3.8) is 0 Å². The molecule has 8 heteroatoms. The Hall–Kier alpha value is -1.43. The molecule has 0 aliphatic heterocycles. The van der Waals surface area contributed by atoms with Crippen LogP contribution in [0.15, 0.2) is 18.3 Å². The fourth-order valence-corrected chi connectivity index (χ4v) is 2.03. The Labute approximate surface area is 130 Å². The molecule has 0 amide bonds. The lowest BCUT2D eigenvalue weighted by Gasteiger charge is -2.25. The van der Waals surface area contributed by atoms with Gasteiger partial charge in [-0.3, -0.25) is 4.98 Å². The lowest BCUT2D eigenvalue weighted by molar-refractivity contribution is -0.153. The van der Waals surface area contributed by atoms with E-state index in [-0.39, 0.29) is 5.75 Å². The van der Waals surface area contributed by atoms with E-state index in [1.807, 2.05) is 0 Å². The number of nitrogens with zero attached hydrogens (tertiary/aromatic N) is 1. The predicted octanol–water partition coefficient (Wildman–Crippen LogP) is 2.75. The minimum absolute atomic E-state index is 0.0196. The van der Waals surface area contributed by atoms with Crippen LogP contribution in [0.5, 0.6) is 5.75 Å². The zero-order valence-corrected chi connectivity index (χ0v) is 13.2. The van der Waals surface area contributed by atoms with E-state index in [2.05, 4.69) is 20.4 Å². The molecule has 1 unspecified atom stereocenters. The van der Waals surface area contributed by atoms with E-state index in [4.69, 9.17) is 6.42 Å². The van der Waals surface area contributed by atoms with Crippen LogP contribution >= 0.6 is 0 Å². The van der Waals surface area contributed by atoms with Crippen molar-refractivity contribution in [3.05, 3.63) is 24.0 Å². The minimum atomic E-state index is -4.41. The Morgan fingerprint density at radius 3 is 2.45 bits per heavy atom. The number of halogens is 3. The third-order valence-corrected chi connectivity index (χ3v) is 3.97. The molecule has 1 heterocycles. The molecule has 0 aliphatic rings. The van der Waals surface area contributed by atoms with Crippen molar-refractivity contribution in [1.29, 1.82) is 0 Å². The molecule has 22 heavy (non-hydrogen) atoms. The second kappa shape index (κ2) is 7.22. The first-order valence-corrected chi connectivity index (χ1v) is 7.47. The van der Waals surface area contributed by atoms with Crippen molar-refractivity contribution in [3.8, 4) is 18.1 Å². The van der Waals surface area contributed by atoms with Crippen LogP contribution in [0.1, 0.15) is 32.5 Å². The Bertz CT molecular complexity index is 521. The summed E-state index contributed by atoms with van der Waals surface area (Å²) in [5, 5.41) is 0. The lowest BCUT2D eigenvalue weighted by atomic mass is 10.2. The van der Waals surface area contributed by atoms with Gasteiger partial charge in [0.2, 0.25) is 0 Å². The summed E-state index contributed by atoms with van der Waals surface area (Å²) < 4.78 is 54.9. The summed E-state index contributed by atoms with van der Waals surface area (Å²) in [4.78, 5) is 3.95. The highest BCUT2D eigenvalue weighted by atomic mass is 32.2. The maximum Gasteiger partial charge on any atom is 0.422 e. The van der Waals surface area contributed by atoms with Crippen molar-refractivity contribution >= 4 is 11.4 Å². The third-order valence-electron chi connectivity index (χ3n) is 2.41. The monoisotopic (exact) mass is 334 g/mol. The third kappa shape index (κ3) is 6.13. The van der Waals surface area contributed by atoms with Gasteiger partial charge in [-0.1, -0.05) is 5.92 Å². The van der Waals surface area contributed by atoms with Gasteiger partial charge in [-0.05, 0) is 32.9 Å². The molecular formula is C14H17F3N2O2S. The molecule has 0 radical (unpaired) electrons. The SMILES string of the molecule is C#C[C@@H](N[S+]([O-])C(C)(C)C)c1ccc(OCC(F)(F)F)cn1. The van der Waals surface area contributed by atoms with E-state index in [1.165, 1.54) is 12.1 Å². The molecule has 0 spiro atoms. The molecule has 1 rings (SSSR count). The summed E-state index contributed by atoms with van der Waals surface area (Å²) in [6.07, 6.45) is 2.12. The predicted molar refractivity (Wildman–Crippen MR) is 78.4 cm³/mol. The van der Waals surface area contributed by atoms with Gasteiger partial charge < -0.3 is 9.29 Å². The number of rotatable bonds is 5. The normalized spacial score (nSPS) is 15.0. The second-order valence-corrected chi connectivity index (χ2v) is 7.42. The van der Waals surface area contributed by atoms with Gasteiger partial charge in [0.15, 0.2) is 12.6 Å². The molecule has 1 N–H and O–H groups in total. The molecule has 0 bridgehead atoms. The zero-order valence-electron chi connectivity index (χ0n) is 12.4. The fourth-order valence-electron chi connectivity index (χ4n) is 1.28. The van der Waals surface area contributed by atoms with E-state index < -0.39 is 34.9 Å². The van der Waals surface area contributed by atoms with Gasteiger partial charge in [-0.15, -0.1) is 11.1 Å². The van der Waals surface area contributed by atoms with Gasteiger partial charge in [0, 0.05) is 11.4 Å². The molecule has 1 aromatic heterocycles. The number of hydrogen-bond acceptors (Lipinski definition) is 4. The first-order valence-electron chi connectivity index (χ1n) is 6.32. The Morgan fingerprint density at radius 1 is 1.41 bits per heavy atom. The fraction of sp³-hybridized carbons (Fsp3) is 0.500. The van der Waals surface area contributed by atoms with Crippen LogP contribution in [0.2, 0.25) is 0 Å². The van der Waals surface area contributed by atoms with Gasteiger partial charge in [0.25, 0.3) is 0 Å². The van der Waals surface area contributed by atoms with Gasteiger partial charge in [0.1, 0.15) is 10.5 Å². The molecule has 0 aromatic carbocycles. The maximum atomic E-state index is 12.0. The van der Waals surface area contributed by atoms with Crippen LogP contribution < -0.4 is 9.46 Å². The average molecular weight is 334 g/mol. The Balaban J connectivity index is 2.73. The summed E-state index contributed by atoms with van der Waals surface area (Å²) >= 11 is -1.40. The Morgan fingerprint density at radius 2 is 2.05 bits per heavy atom. The number of pyridine rings is 1. The molecule has 0 fully saturated rings. The van der Waals surface area contributed by atoms with E-state index >= 15 is 0 Å². The second-order valence-electron chi connectivity index (χ2n) is 5.42. The number of alkyl halides is 3. The molecule has 1 aromatic rings. The van der Waals surface area contributed by atoms with E-state index in [1.54, 1.807) is 20.8 Å². The molecule has 0 aliphatic carbocycles. The highest BCUT2D eigenvalue weighted by Gasteiger charge is 2.30. The average Bonchev–Trinajstić information content (AvgIpc) is 2.41. The van der Waals surface area contributed by atoms with Gasteiger partial charge in [-0.2, -0.15) is 13.2 Å². The van der Waals surface area contributed by atoms with Gasteiger partial charge >= 0.3 is 6.18 Å². The summed E-state index contributed by atoms with van der Waals surface area (Å²) in [6, 6.07) is 2.06. The van der Waals surface area contributed by atoms with Crippen LogP contribution in [0, 0.1) is 12.3 Å². The standard InChI is InChI=1S/C14H17F3N2O2S/c1-5-11(19-22(20)13(2,3)4)12-7-6-10(8-18-12)21-9-14(15,16)17/h1,6-8,11,19H,9H2,2-4H3/t11-,22?/m1/s1. The van der Waals surface area contributed by atoms with Crippen molar-refractivity contribution in [2.75, 3.05) is 6.61 Å². The summed E-state index contributed by atoms with van der Waals surface area (Å²) in [5.41, 5.74) is 0.374. The Kier molecular flexibility index (Phi) is 6.11. The summed E-state index contributed by atoms with van der Waals surface area (Å²) in [6.45, 7) is 3.96. The zero-order chi connectivity index (χ0) is 17.0. The minimum Gasteiger partial charge on any atom is -0.598 e. The maximum absolute atomic E-state index is 12.0. The molecular weight excluding hydrogens is 317 g/mol. The molecule has 4 nitrogen and oxygen atoms in total. The van der Waals surface area contributed by atoms with Gasteiger partial charge in [-0.25, -0.2) is 0 Å². The largest absolute Gasteiger partial charge is 0.598 e. The number of aromatic nitrogens is 1. The number of nitrogens with one attached hydrogen (secondary N) is 1. The lowest BCUT2D eigenvalue weighted by Crippen LogP contribution is -2.41. The van der Waals surface area contributed by atoms with E-state index in [0.29, 0.717) is 5.69 Å². The van der Waals surface area contributed by atoms with Crippen molar-refractivity contribution < 1.29 is 22.5 Å². The van der Waals surface area contributed by atoms with E-state index in [9.17, 15) is 17.7 Å². The van der Waals surface area contributed by atoms with Crippen molar-refractivity contribution in [2.45, 2.75) is 37.7 Å². The first-order chi connectivity index (χ1) is 10.0. The summed E-state index contributed by atoms with van der Waals surface area (Å²) in [5.74, 6) is 2.39. The number of hydrogen-bond donors (Lipinski definition) is 1. The molecule has 0 saturated carbocycles. The number of terminal acetylenes is 1. The van der Waals surface area contributed by atoms with Gasteiger partial charge in [0.05, 0.1) is 11.9 Å². The van der Waals surface area contributed by atoms with Crippen LogP contribution in [0.25, 0.3) is 0 Å². The topological polar surface area (TPSA) is 57.2 Å². The highest BCUT2D eigenvalue weighted by molar-refractivity contribution is 7.90.